The molecular formula is C20H22Br2OSi. The van der Waals surface area contributed by atoms with E-state index in [1.54, 1.807) is 0 Å². The highest BCUT2D eigenvalue weighted by molar-refractivity contribution is 9.11. The number of hydrogen-bond donors (Lipinski definition) is 0. The highest BCUT2D eigenvalue weighted by Crippen LogP contribution is 2.37. The van der Waals surface area contributed by atoms with Crippen LogP contribution < -0.4 is 4.43 Å². The van der Waals surface area contributed by atoms with Crippen molar-refractivity contribution in [2.24, 2.45) is 0 Å². The normalized spacial score (nSPS) is 11.6. The Balaban J connectivity index is 2.15. The van der Waals surface area contributed by atoms with Crippen molar-refractivity contribution in [3.8, 4) is 17.6 Å². The van der Waals surface area contributed by atoms with Crippen LogP contribution in [0.1, 0.15) is 31.9 Å². The Bertz CT molecular complexity index is 758. The summed E-state index contributed by atoms with van der Waals surface area (Å²) in [7, 11) is -1.79. The van der Waals surface area contributed by atoms with Crippen molar-refractivity contribution in [2.75, 3.05) is 0 Å². The molecule has 0 aliphatic rings. The van der Waals surface area contributed by atoms with Gasteiger partial charge in [0.25, 0.3) is 0 Å². The third kappa shape index (κ3) is 5.24. The van der Waals surface area contributed by atoms with Gasteiger partial charge >= 0.3 is 0 Å². The molecule has 0 saturated carbocycles. The third-order valence-electron chi connectivity index (χ3n) is 4.25. The van der Waals surface area contributed by atoms with Gasteiger partial charge in [0.2, 0.25) is 8.32 Å². The average Bonchev–Trinajstić information content (AvgIpc) is 2.44. The van der Waals surface area contributed by atoms with Gasteiger partial charge in [-0.05, 0) is 60.6 Å². The predicted molar refractivity (Wildman–Crippen MR) is 112 cm³/mol. The van der Waals surface area contributed by atoms with Gasteiger partial charge in [0.1, 0.15) is 5.75 Å². The molecule has 0 bridgehead atoms. The van der Waals surface area contributed by atoms with E-state index >= 15 is 0 Å². The molecule has 0 heterocycles. The highest BCUT2D eigenvalue weighted by Gasteiger charge is 2.38. The molecule has 0 spiro atoms. The van der Waals surface area contributed by atoms with Gasteiger partial charge in [0.15, 0.2) is 0 Å². The Labute approximate surface area is 163 Å². The monoisotopic (exact) mass is 464 g/mol. The van der Waals surface area contributed by atoms with Crippen molar-refractivity contribution >= 4 is 40.2 Å². The van der Waals surface area contributed by atoms with Crippen LogP contribution in [0.5, 0.6) is 5.75 Å². The minimum Gasteiger partial charge on any atom is -0.544 e. The molecule has 0 aliphatic carbocycles. The van der Waals surface area contributed by atoms with Crippen LogP contribution in [-0.4, -0.2) is 8.32 Å². The zero-order valence-electron chi connectivity index (χ0n) is 14.7. The number of benzene rings is 2. The van der Waals surface area contributed by atoms with Crippen LogP contribution >= 0.6 is 31.9 Å². The highest BCUT2D eigenvalue weighted by atomic mass is 79.9. The van der Waals surface area contributed by atoms with Gasteiger partial charge in [0, 0.05) is 20.1 Å². The van der Waals surface area contributed by atoms with E-state index in [9.17, 15) is 0 Å². The first kappa shape index (κ1) is 19.3. The molecule has 0 aromatic heterocycles. The Morgan fingerprint density at radius 1 is 0.833 bits per heavy atom. The van der Waals surface area contributed by atoms with E-state index in [-0.39, 0.29) is 5.04 Å². The SMILES string of the molecule is CC(C)(C)[Si](C)(C)Oc1ccc(C#Cc2cc(Br)cc(Br)c2)cc1. The molecule has 1 nitrogen and oxygen atoms in total. The summed E-state index contributed by atoms with van der Waals surface area (Å²) >= 11 is 6.96. The van der Waals surface area contributed by atoms with Crippen LogP contribution in [-0.2, 0) is 0 Å². The van der Waals surface area contributed by atoms with Crippen molar-refractivity contribution in [3.63, 3.8) is 0 Å². The number of hydrogen-bond acceptors (Lipinski definition) is 1. The summed E-state index contributed by atoms with van der Waals surface area (Å²) < 4.78 is 8.32. The first-order valence-electron chi connectivity index (χ1n) is 7.84. The van der Waals surface area contributed by atoms with Gasteiger partial charge in [-0.1, -0.05) is 64.5 Å². The standard InChI is InChI=1S/C20H22Br2OSi/c1-20(2,3)24(4,5)23-19-10-8-15(9-11-19)6-7-16-12-17(21)14-18(22)13-16/h8-14H,1-5H3. The lowest BCUT2D eigenvalue weighted by Crippen LogP contribution is -2.43. The van der Waals surface area contributed by atoms with Crippen LogP contribution in [0.4, 0.5) is 0 Å². The van der Waals surface area contributed by atoms with Crippen molar-refractivity contribution < 1.29 is 4.43 Å². The average molecular weight is 466 g/mol. The fraction of sp³-hybridized carbons (Fsp3) is 0.300. The predicted octanol–water partition coefficient (Wildman–Crippen LogP) is 7.00. The van der Waals surface area contributed by atoms with Gasteiger partial charge < -0.3 is 4.43 Å². The first-order chi connectivity index (χ1) is 11.1. The van der Waals surface area contributed by atoms with E-state index in [0.29, 0.717) is 0 Å². The summed E-state index contributed by atoms with van der Waals surface area (Å²) in [6, 6.07) is 14.1. The molecule has 0 radical (unpaired) electrons. The molecule has 2 aromatic carbocycles. The van der Waals surface area contributed by atoms with Gasteiger partial charge in [-0.2, -0.15) is 0 Å². The summed E-state index contributed by atoms with van der Waals surface area (Å²) in [4.78, 5) is 0. The Kier molecular flexibility index (Phi) is 6.01. The second kappa shape index (κ2) is 7.47. The maximum atomic E-state index is 6.29. The molecular weight excluding hydrogens is 444 g/mol. The molecule has 0 unspecified atom stereocenters. The lowest BCUT2D eigenvalue weighted by molar-refractivity contribution is 0.492. The topological polar surface area (TPSA) is 9.23 Å². The smallest absolute Gasteiger partial charge is 0.250 e. The molecule has 0 saturated heterocycles. The largest absolute Gasteiger partial charge is 0.544 e. The Hall–Kier alpha value is -1.02. The van der Waals surface area contributed by atoms with E-state index in [2.05, 4.69) is 77.6 Å². The number of halogens is 2. The minimum atomic E-state index is -1.79. The van der Waals surface area contributed by atoms with E-state index in [0.717, 1.165) is 25.8 Å². The lowest BCUT2D eigenvalue weighted by atomic mass is 10.2. The molecule has 24 heavy (non-hydrogen) atoms. The summed E-state index contributed by atoms with van der Waals surface area (Å²) in [6.07, 6.45) is 0. The van der Waals surface area contributed by atoms with Crippen molar-refractivity contribution in [1.82, 2.24) is 0 Å². The van der Waals surface area contributed by atoms with Crippen molar-refractivity contribution in [1.29, 1.82) is 0 Å². The molecule has 0 fully saturated rings. The quantitative estimate of drug-likeness (QED) is 0.342. The summed E-state index contributed by atoms with van der Waals surface area (Å²) in [5.74, 6) is 7.32. The van der Waals surface area contributed by atoms with Crippen LogP contribution in [0.3, 0.4) is 0 Å². The molecule has 0 amide bonds. The second-order valence-corrected chi connectivity index (χ2v) is 13.9. The Morgan fingerprint density at radius 3 is 1.83 bits per heavy atom. The van der Waals surface area contributed by atoms with Gasteiger partial charge in [-0.15, -0.1) is 0 Å². The molecule has 0 aliphatic heterocycles. The zero-order valence-corrected chi connectivity index (χ0v) is 18.9. The third-order valence-corrected chi connectivity index (χ3v) is 9.52. The lowest BCUT2D eigenvalue weighted by Gasteiger charge is -2.36. The summed E-state index contributed by atoms with van der Waals surface area (Å²) in [5.41, 5.74) is 1.95. The zero-order chi connectivity index (χ0) is 18.0. The van der Waals surface area contributed by atoms with Gasteiger partial charge in [-0.25, -0.2) is 0 Å². The molecule has 0 atom stereocenters. The summed E-state index contributed by atoms with van der Waals surface area (Å²) in [6.45, 7) is 11.2. The molecule has 126 valence electrons. The fourth-order valence-electron chi connectivity index (χ4n) is 1.82. The first-order valence-corrected chi connectivity index (χ1v) is 12.3. The van der Waals surface area contributed by atoms with E-state index in [4.69, 9.17) is 4.43 Å². The molecule has 2 rings (SSSR count). The minimum absolute atomic E-state index is 0.194. The fourth-order valence-corrected chi connectivity index (χ4v) is 4.15. The maximum absolute atomic E-state index is 6.29. The molecule has 4 heteroatoms. The van der Waals surface area contributed by atoms with Crippen LogP contribution in [0, 0.1) is 11.8 Å². The van der Waals surface area contributed by atoms with Crippen LogP contribution in [0.25, 0.3) is 0 Å². The van der Waals surface area contributed by atoms with Crippen molar-refractivity contribution in [3.05, 3.63) is 62.5 Å². The van der Waals surface area contributed by atoms with Crippen LogP contribution in [0.15, 0.2) is 51.4 Å². The Morgan fingerprint density at radius 2 is 1.33 bits per heavy atom. The van der Waals surface area contributed by atoms with Gasteiger partial charge in [0.05, 0.1) is 0 Å². The van der Waals surface area contributed by atoms with E-state index < -0.39 is 8.32 Å². The maximum Gasteiger partial charge on any atom is 0.250 e. The molecule has 2 aromatic rings. The van der Waals surface area contributed by atoms with Crippen molar-refractivity contribution in [2.45, 2.75) is 38.9 Å². The molecule has 0 N–H and O–H groups in total. The van der Waals surface area contributed by atoms with E-state index in [1.165, 1.54) is 0 Å². The van der Waals surface area contributed by atoms with E-state index in [1.807, 2.05) is 42.5 Å². The van der Waals surface area contributed by atoms with Gasteiger partial charge in [-0.3, -0.25) is 0 Å². The number of rotatable bonds is 2. The second-order valence-electron chi connectivity index (χ2n) is 7.29. The summed E-state index contributed by atoms with van der Waals surface area (Å²) in [5, 5.41) is 0.194. The van der Waals surface area contributed by atoms with Crippen LogP contribution in [0.2, 0.25) is 18.1 Å².